The molecule has 0 spiro atoms. The van der Waals surface area contributed by atoms with E-state index in [0.29, 0.717) is 13.2 Å². The molecule has 4 aromatic rings. The molecular weight excluding hydrogens is 388 g/mol. The average Bonchev–Trinajstić information content (AvgIpc) is 3.27. The van der Waals surface area contributed by atoms with Crippen LogP contribution in [0.4, 0.5) is 0 Å². The summed E-state index contributed by atoms with van der Waals surface area (Å²) < 4.78 is 7.39. The third-order valence-electron chi connectivity index (χ3n) is 4.53. The van der Waals surface area contributed by atoms with Crippen LogP contribution < -0.4 is 10.1 Å². The van der Waals surface area contributed by atoms with Crippen LogP contribution in [0.5, 0.6) is 5.75 Å². The predicted molar refractivity (Wildman–Crippen MR) is 121 cm³/mol. The van der Waals surface area contributed by atoms with Crippen molar-refractivity contribution in [2.24, 2.45) is 0 Å². The highest BCUT2D eigenvalue weighted by atomic mass is 16.5. The quantitative estimate of drug-likeness (QED) is 0.350. The van der Waals surface area contributed by atoms with Crippen molar-refractivity contribution in [3.05, 3.63) is 103 Å². The normalized spacial score (nSPS) is 10.8. The molecule has 0 saturated carbocycles. The lowest BCUT2D eigenvalue weighted by Gasteiger charge is -2.06. The van der Waals surface area contributed by atoms with Gasteiger partial charge in [-0.25, -0.2) is 4.68 Å². The number of carbonyl (C=O) groups excluding carboxylic acids is 1. The number of aromatic nitrogens is 3. The third-order valence-corrected chi connectivity index (χ3v) is 4.53. The van der Waals surface area contributed by atoms with Gasteiger partial charge in [0.05, 0.1) is 12.2 Å². The summed E-state index contributed by atoms with van der Waals surface area (Å²) in [6, 6.07) is 23.2. The topological polar surface area (TPSA) is 69.0 Å². The Balaban J connectivity index is 1.44. The number of carbonyl (C=O) groups is 1. The first-order valence-corrected chi connectivity index (χ1v) is 9.99. The number of nitrogens with one attached hydrogen (secondary N) is 1. The molecule has 2 aromatic heterocycles. The lowest BCUT2D eigenvalue weighted by Crippen LogP contribution is -2.26. The monoisotopic (exact) mass is 410 g/mol. The van der Waals surface area contributed by atoms with E-state index in [0.717, 1.165) is 28.3 Å². The lowest BCUT2D eigenvalue weighted by atomic mass is 10.1. The molecule has 0 radical (unpaired) electrons. The maximum atomic E-state index is 12.3. The van der Waals surface area contributed by atoms with Crippen LogP contribution in [-0.4, -0.2) is 33.8 Å². The zero-order chi connectivity index (χ0) is 21.3. The molecule has 0 saturated heterocycles. The van der Waals surface area contributed by atoms with Gasteiger partial charge in [0.1, 0.15) is 18.1 Å². The van der Waals surface area contributed by atoms with Crippen LogP contribution in [0, 0.1) is 0 Å². The fraction of sp³-hybridized carbons (Fsp3) is 0.0800. The molecule has 2 aromatic carbocycles. The van der Waals surface area contributed by atoms with E-state index in [1.807, 2.05) is 79.0 Å². The van der Waals surface area contributed by atoms with Gasteiger partial charge in [-0.2, -0.15) is 5.10 Å². The minimum Gasteiger partial charge on any atom is -0.492 e. The van der Waals surface area contributed by atoms with E-state index in [1.165, 1.54) is 6.08 Å². The Morgan fingerprint density at radius 3 is 2.52 bits per heavy atom. The predicted octanol–water partition coefficient (Wildman–Crippen LogP) is 4.14. The Labute approximate surface area is 180 Å². The second-order valence-electron chi connectivity index (χ2n) is 6.74. The van der Waals surface area contributed by atoms with Gasteiger partial charge in [0.15, 0.2) is 0 Å². The van der Waals surface area contributed by atoms with Crippen LogP contribution in [0.3, 0.4) is 0 Å². The number of hydrogen-bond donors (Lipinski definition) is 1. The summed E-state index contributed by atoms with van der Waals surface area (Å²) in [6.07, 6.45) is 8.66. The molecule has 6 nitrogen and oxygen atoms in total. The maximum absolute atomic E-state index is 12.3. The van der Waals surface area contributed by atoms with Gasteiger partial charge in [0.25, 0.3) is 0 Å². The van der Waals surface area contributed by atoms with Crippen LogP contribution in [0.1, 0.15) is 5.56 Å². The van der Waals surface area contributed by atoms with Crippen molar-refractivity contribution < 1.29 is 9.53 Å². The van der Waals surface area contributed by atoms with Crippen LogP contribution in [0.25, 0.3) is 23.0 Å². The maximum Gasteiger partial charge on any atom is 0.244 e. The first kappa shape index (κ1) is 20.1. The van der Waals surface area contributed by atoms with E-state index in [-0.39, 0.29) is 5.91 Å². The molecule has 1 amide bonds. The zero-order valence-electron chi connectivity index (χ0n) is 16.9. The molecule has 4 rings (SSSR count). The largest absolute Gasteiger partial charge is 0.492 e. The fourth-order valence-electron chi connectivity index (χ4n) is 3.03. The summed E-state index contributed by atoms with van der Waals surface area (Å²) in [5.41, 5.74) is 3.41. The first-order chi connectivity index (χ1) is 15.3. The van der Waals surface area contributed by atoms with Gasteiger partial charge in [-0.05, 0) is 42.5 Å². The number of nitrogens with zero attached hydrogens (tertiary/aromatic N) is 3. The highest BCUT2D eigenvalue weighted by Crippen LogP contribution is 2.24. The Hall–Kier alpha value is -4.19. The standard InChI is InChI=1S/C25H22N4O2/c30-24(27-16-17-31-23-11-5-2-6-12-23)14-13-21-19-29(22-9-3-1-4-10-22)28-25(21)20-8-7-15-26-18-20/h1-15,18-19H,16-17H2,(H,27,30). The number of ether oxygens (including phenoxy) is 1. The number of pyridine rings is 1. The number of para-hydroxylation sites is 2. The first-order valence-electron chi connectivity index (χ1n) is 9.99. The molecule has 0 aliphatic carbocycles. The highest BCUT2D eigenvalue weighted by Gasteiger charge is 2.11. The highest BCUT2D eigenvalue weighted by molar-refractivity contribution is 5.92. The molecule has 0 fully saturated rings. The molecule has 0 unspecified atom stereocenters. The Kier molecular flexibility index (Phi) is 6.50. The van der Waals surface area contributed by atoms with E-state index in [1.54, 1.807) is 23.2 Å². The van der Waals surface area contributed by atoms with Gasteiger partial charge in [0, 0.05) is 35.8 Å². The molecular formula is C25H22N4O2. The Bertz CT molecular complexity index is 1140. The number of amides is 1. The minimum absolute atomic E-state index is 0.193. The van der Waals surface area contributed by atoms with Gasteiger partial charge in [-0.1, -0.05) is 36.4 Å². The average molecular weight is 410 g/mol. The minimum atomic E-state index is -0.193. The molecule has 6 heteroatoms. The smallest absolute Gasteiger partial charge is 0.244 e. The second-order valence-corrected chi connectivity index (χ2v) is 6.74. The molecule has 154 valence electrons. The van der Waals surface area contributed by atoms with Gasteiger partial charge in [-0.15, -0.1) is 0 Å². The zero-order valence-corrected chi connectivity index (χ0v) is 16.9. The van der Waals surface area contributed by atoms with Crippen LogP contribution in [0.15, 0.2) is 97.5 Å². The van der Waals surface area contributed by atoms with Gasteiger partial charge >= 0.3 is 0 Å². The van der Waals surface area contributed by atoms with E-state index in [9.17, 15) is 4.79 Å². The Morgan fingerprint density at radius 1 is 1.00 bits per heavy atom. The molecule has 0 bridgehead atoms. The summed E-state index contributed by atoms with van der Waals surface area (Å²) in [7, 11) is 0. The second kappa shape index (κ2) is 10.0. The summed E-state index contributed by atoms with van der Waals surface area (Å²) in [5, 5.41) is 7.54. The van der Waals surface area contributed by atoms with Crippen LogP contribution >= 0.6 is 0 Å². The van der Waals surface area contributed by atoms with Crippen molar-refractivity contribution in [2.45, 2.75) is 0 Å². The Morgan fingerprint density at radius 2 is 1.77 bits per heavy atom. The molecule has 2 heterocycles. The molecule has 1 N–H and O–H groups in total. The van der Waals surface area contributed by atoms with E-state index >= 15 is 0 Å². The SMILES string of the molecule is O=C(C=Cc1cn(-c2ccccc2)nc1-c1cccnc1)NCCOc1ccccc1. The number of benzene rings is 2. The van der Waals surface area contributed by atoms with Gasteiger partial charge in [-0.3, -0.25) is 9.78 Å². The molecule has 31 heavy (non-hydrogen) atoms. The van der Waals surface area contributed by atoms with Crippen molar-refractivity contribution in [1.29, 1.82) is 0 Å². The third kappa shape index (κ3) is 5.45. The summed E-state index contributed by atoms with van der Waals surface area (Å²) in [5.74, 6) is 0.586. The van der Waals surface area contributed by atoms with Crippen LogP contribution in [0.2, 0.25) is 0 Å². The van der Waals surface area contributed by atoms with Crippen molar-refractivity contribution >= 4 is 12.0 Å². The van der Waals surface area contributed by atoms with Gasteiger partial charge < -0.3 is 10.1 Å². The summed E-state index contributed by atoms with van der Waals surface area (Å²) >= 11 is 0. The number of hydrogen-bond acceptors (Lipinski definition) is 4. The van der Waals surface area contributed by atoms with Crippen molar-refractivity contribution in [3.8, 4) is 22.7 Å². The van der Waals surface area contributed by atoms with E-state index in [4.69, 9.17) is 9.84 Å². The van der Waals surface area contributed by atoms with Crippen molar-refractivity contribution in [3.63, 3.8) is 0 Å². The summed E-state index contributed by atoms with van der Waals surface area (Å²) in [4.78, 5) is 16.4. The van der Waals surface area contributed by atoms with E-state index < -0.39 is 0 Å². The van der Waals surface area contributed by atoms with Crippen molar-refractivity contribution in [1.82, 2.24) is 20.1 Å². The molecule has 0 aliphatic heterocycles. The van der Waals surface area contributed by atoms with Gasteiger partial charge in [0.2, 0.25) is 5.91 Å². The fourth-order valence-corrected chi connectivity index (χ4v) is 3.03. The number of rotatable bonds is 8. The molecule has 0 atom stereocenters. The lowest BCUT2D eigenvalue weighted by molar-refractivity contribution is -0.116. The van der Waals surface area contributed by atoms with Crippen LogP contribution in [-0.2, 0) is 4.79 Å². The van der Waals surface area contributed by atoms with E-state index in [2.05, 4.69) is 10.3 Å². The summed E-state index contributed by atoms with van der Waals surface area (Å²) in [6.45, 7) is 0.813. The van der Waals surface area contributed by atoms with Crippen molar-refractivity contribution in [2.75, 3.05) is 13.2 Å². The molecule has 0 aliphatic rings.